The van der Waals surface area contributed by atoms with Gasteiger partial charge in [-0.15, -0.1) is 11.3 Å². The zero-order valence-electron chi connectivity index (χ0n) is 9.09. The van der Waals surface area contributed by atoms with Crippen molar-refractivity contribution in [3.05, 3.63) is 35.2 Å². The number of carbonyl (C=O) groups is 1. The molecule has 4 nitrogen and oxygen atoms in total. The zero-order chi connectivity index (χ0) is 11.7. The Morgan fingerprint density at radius 1 is 1.29 bits per heavy atom. The van der Waals surface area contributed by atoms with Crippen molar-refractivity contribution in [2.75, 3.05) is 18.0 Å². The smallest absolute Gasteiger partial charge is 0.321 e. The Balaban J connectivity index is 1.87. The molecule has 1 aromatic carbocycles. The van der Waals surface area contributed by atoms with Crippen molar-refractivity contribution >= 4 is 23.1 Å². The molecule has 0 saturated carbocycles. The molecule has 0 bridgehead atoms. The lowest BCUT2D eigenvalue weighted by Crippen LogP contribution is -2.27. The molecule has 1 saturated heterocycles. The Morgan fingerprint density at radius 2 is 2.12 bits per heavy atom. The van der Waals surface area contributed by atoms with E-state index in [1.54, 1.807) is 16.2 Å². The number of benzene rings is 1. The summed E-state index contributed by atoms with van der Waals surface area (Å²) in [6.45, 7) is 1.45. The van der Waals surface area contributed by atoms with Gasteiger partial charge < -0.3 is 5.32 Å². The molecule has 0 unspecified atom stereocenters. The minimum Gasteiger partial charge on any atom is -0.336 e. The van der Waals surface area contributed by atoms with Crippen LogP contribution in [-0.4, -0.2) is 24.1 Å². The minimum absolute atomic E-state index is 0.0218. The van der Waals surface area contributed by atoms with Crippen molar-refractivity contribution in [2.45, 2.75) is 0 Å². The molecule has 2 amide bonds. The van der Waals surface area contributed by atoms with Crippen molar-refractivity contribution < 1.29 is 4.79 Å². The minimum atomic E-state index is -0.0218. The van der Waals surface area contributed by atoms with Crippen LogP contribution in [0.15, 0.2) is 35.2 Å². The number of nitrogens with one attached hydrogen (secondary N) is 1. The molecule has 1 aromatic heterocycles. The predicted octanol–water partition coefficient (Wildman–Crippen LogP) is 2.34. The summed E-state index contributed by atoms with van der Waals surface area (Å²) >= 11 is 1.58. The highest BCUT2D eigenvalue weighted by Crippen LogP contribution is 2.23. The maximum absolute atomic E-state index is 11.5. The van der Waals surface area contributed by atoms with E-state index in [0.717, 1.165) is 23.5 Å². The highest BCUT2D eigenvalue weighted by Gasteiger charge is 2.20. The van der Waals surface area contributed by atoms with Gasteiger partial charge in [-0.1, -0.05) is 12.1 Å². The Morgan fingerprint density at radius 3 is 2.71 bits per heavy atom. The molecule has 0 radical (unpaired) electrons. The fraction of sp³-hybridized carbons (Fsp3) is 0.167. The van der Waals surface area contributed by atoms with Gasteiger partial charge in [-0.25, -0.2) is 9.78 Å². The normalized spacial score (nSPS) is 15.1. The average molecular weight is 245 g/mol. The monoisotopic (exact) mass is 245 g/mol. The maximum Gasteiger partial charge on any atom is 0.321 e. The van der Waals surface area contributed by atoms with E-state index in [1.807, 2.05) is 35.2 Å². The van der Waals surface area contributed by atoms with Crippen molar-refractivity contribution in [3.8, 4) is 11.3 Å². The quantitative estimate of drug-likeness (QED) is 0.882. The molecule has 1 aliphatic rings. The summed E-state index contributed by atoms with van der Waals surface area (Å²) in [5.74, 6) is 0. The van der Waals surface area contributed by atoms with Crippen LogP contribution >= 0.6 is 11.3 Å². The second-order valence-electron chi connectivity index (χ2n) is 3.80. The summed E-state index contributed by atoms with van der Waals surface area (Å²) in [7, 11) is 0. The lowest BCUT2D eigenvalue weighted by molar-refractivity contribution is 0.252. The van der Waals surface area contributed by atoms with E-state index in [1.165, 1.54) is 0 Å². The van der Waals surface area contributed by atoms with E-state index in [4.69, 9.17) is 0 Å². The number of hydrogen-bond donors (Lipinski definition) is 1. The first-order valence-corrected chi connectivity index (χ1v) is 6.33. The second kappa shape index (κ2) is 4.18. The van der Waals surface area contributed by atoms with Gasteiger partial charge in [0.1, 0.15) is 0 Å². The largest absolute Gasteiger partial charge is 0.336 e. The van der Waals surface area contributed by atoms with Crippen LogP contribution in [0.4, 0.5) is 10.5 Å². The number of amides is 2. The summed E-state index contributed by atoms with van der Waals surface area (Å²) in [6, 6.07) is 7.89. The molecule has 17 heavy (non-hydrogen) atoms. The highest BCUT2D eigenvalue weighted by molar-refractivity contribution is 7.07. The number of aromatic nitrogens is 1. The van der Waals surface area contributed by atoms with Gasteiger partial charge in [0.05, 0.1) is 11.2 Å². The van der Waals surface area contributed by atoms with E-state index >= 15 is 0 Å². The second-order valence-corrected chi connectivity index (χ2v) is 4.52. The fourth-order valence-electron chi connectivity index (χ4n) is 1.89. The van der Waals surface area contributed by atoms with Crippen LogP contribution in [0.1, 0.15) is 0 Å². The number of carbonyl (C=O) groups excluding carboxylic acids is 1. The van der Waals surface area contributed by atoms with Crippen molar-refractivity contribution in [2.24, 2.45) is 0 Å². The standard InChI is InChI=1S/C12H11N3OS/c16-12-13-5-6-15(12)10-3-1-9(2-4-10)11-7-17-8-14-11/h1-4,7-8H,5-6H2,(H,13,16). The van der Waals surface area contributed by atoms with Crippen LogP contribution in [0.3, 0.4) is 0 Å². The average Bonchev–Trinajstić information content (AvgIpc) is 3.00. The van der Waals surface area contributed by atoms with Crippen LogP contribution in [0, 0.1) is 0 Å². The summed E-state index contributed by atoms with van der Waals surface area (Å²) < 4.78 is 0. The van der Waals surface area contributed by atoms with Crippen LogP contribution in [0.5, 0.6) is 0 Å². The third-order valence-electron chi connectivity index (χ3n) is 2.76. The molecular formula is C12H11N3OS. The van der Waals surface area contributed by atoms with Crippen LogP contribution < -0.4 is 10.2 Å². The zero-order valence-corrected chi connectivity index (χ0v) is 9.91. The number of thiazole rings is 1. The maximum atomic E-state index is 11.5. The van der Waals surface area contributed by atoms with Gasteiger partial charge in [-0.2, -0.15) is 0 Å². The molecule has 1 N–H and O–H groups in total. The molecule has 2 heterocycles. The molecule has 86 valence electrons. The van der Waals surface area contributed by atoms with Crippen LogP contribution in [0.2, 0.25) is 0 Å². The molecule has 1 aliphatic heterocycles. The Kier molecular flexibility index (Phi) is 2.53. The first kappa shape index (κ1) is 10.3. The molecule has 1 fully saturated rings. The van der Waals surface area contributed by atoms with Crippen molar-refractivity contribution in [1.29, 1.82) is 0 Å². The first-order valence-electron chi connectivity index (χ1n) is 5.38. The Labute approximate surface area is 103 Å². The van der Waals surface area contributed by atoms with E-state index in [0.29, 0.717) is 6.54 Å². The lowest BCUT2D eigenvalue weighted by atomic mass is 10.1. The van der Waals surface area contributed by atoms with Gasteiger partial charge in [0.2, 0.25) is 0 Å². The first-order chi connectivity index (χ1) is 8.34. The molecular weight excluding hydrogens is 234 g/mol. The summed E-state index contributed by atoms with van der Waals surface area (Å²) in [5.41, 5.74) is 4.80. The van der Waals surface area contributed by atoms with Crippen LogP contribution in [0.25, 0.3) is 11.3 Å². The topological polar surface area (TPSA) is 45.2 Å². The van der Waals surface area contributed by atoms with Gasteiger partial charge in [0, 0.05) is 29.7 Å². The molecule has 5 heteroatoms. The van der Waals surface area contributed by atoms with Gasteiger partial charge in [-0.05, 0) is 12.1 Å². The molecule has 3 rings (SSSR count). The van der Waals surface area contributed by atoms with Crippen molar-refractivity contribution in [1.82, 2.24) is 10.3 Å². The summed E-state index contributed by atoms with van der Waals surface area (Å²) in [4.78, 5) is 17.5. The Hall–Kier alpha value is -1.88. The van der Waals surface area contributed by atoms with E-state index in [2.05, 4.69) is 10.3 Å². The third-order valence-corrected chi connectivity index (χ3v) is 3.35. The van der Waals surface area contributed by atoms with Gasteiger partial charge in [0.25, 0.3) is 0 Å². The summed E-state index contributed by atoms with van der Waals surface area (Å²) in [5, 5.41) is 4.80. The lowest BCUT2D eigenvalue weighted by Gasteiger charge is -2.14. The van der Waals surface area contributed by atoms with E-state index < -0.39 is 0 Å². The van der Waals surface area contributed by atoms with Gasteiger partial charge >= 0.3 is 6.03 Å². The SMILES string of the molecule is O=C1NCCN1c1ccc(-c2cscn2)cc1. The third kappa shape index (κ3) is 1.89. The summed E-state index contributed by atoms with van der Waals surface area (Å²) in [6.07, 6.45) is 0. The molecule has 0 aliphatic carbocycles. The Bertz CT molecular complexity index is 521. The van der Waals surface area contributed by atoms with Crippen LogP contribution in [-0.2, 0) is 0 Å². The fourth-order valence-corrected chi connectivity index (χ4v) is 2.45. The number of hydrogen-bond acceptors (Lipinski definition) is 3. The molecule has 2 aromatic rings. The number of nitrogens with zero attached hydrogens (tertiary/aromatic N) is 2. The predicted molar refractivity (Wildman–Crippen MR) is 68.3 cm³/mol. The highest BCUT2D eigenvalue weighted by atomic mass is 32.1. The molecule has 0 spiro atoms. The number of rotatable bonds is 2. The van der Waals surface area contributed by atoms with E-state index in [9.17, 15) is 4.79 Å². The number of anilines is 1. The number of urea groups is 1. The molecule has 0 atom stereocenters. The van der Waals surface area contributed by atoms with Gasteiger partial charge in [0.15, 0.2) is 0 Å². The van der Waals surface area contributed by atoms with Crippen molar-refractivity contribution in [3.63, 3.8) is 0 Å². The van der Waals surface area contributed by atoms with Gasteiger partial charge in [-0.3, -0.25) is 4.90 Å². The van der Waals surface area contributed by atoms with E-state index in [-0.39, 0.29) is 6.03 Å².